The van der Waals surface area contributed by atoms with Crippen LogP contribution in [0, 0.1) is 0 Å². The lowest BCUT2D eigenvalue weighted by molar-refractivity contribution is 0.667. The number of para-hydroxylation sites is 2. The minimum absolute atomic E-state index is 0.00196. The van der Waals surface area contributed by atoms with E-state index in [1.807, 2.05) is 30.9 Å². The first-order valence-corrected chi connectivity index (χ1v) is 22.1. The topological polar surface area (TPSA) is 59.2 Å². The van der Waals surface area contributed by atoms with Crippen molar-refractivity contribution in [2.75, 3.05) is 4.90 Å². The molecule has 4 aromatic heterocycles. The number of hydrogen-bond acceptors (Lipinski definition) is 5. The van der Waals surface area contributed by atoms with Crippen LogP contribution >= 0.6 is 0 Å². The Labute approximate surface area is 370 Å². The van der Waals surface area contributed by atoms with E-state index in [9.17, 15) is 0 Å². The number of nitrogens with zero attached hydrogens (tertiary/aromatic N) is 6. The van der Waals surface area contributed by atoms with E-state index in [0.717, 1.165) is 55.8 Å². The maximum Gasteiger partial charge on any atom is 0.101 e. The van der Waals surface area contributed by atoms with Crippen LogP contribution < -0.4 is 4.90 Å². The van der Waals surface area contributed by atoms with Gasteiger partial charge in [0.2, 0.25) is 0 Å². The first kappa shape index (κ1) is 35.4. The summed E-state index contributed by atoms with van der Waals surface area (Å²) in [5, 5.41) is 1.13. The van der Waals surface area contributed by atoms with Crippen LogP contribution in [0.1, 0.15) is 56.8 Å². The molecule has 6 heterocycles. The Kier molecular flexibility index (Phi) is 7.54. The highest BCUT2D eigenvalue weighted by molar-refractivity contribution is 6.07. The van der Waals surface area contributed by atoms with Gasteiger partial charge in [0.1, 0.15) is 6.04 Å². The Bertz CT molecular complexity index is 3490. The van der Waals surface area contributed by atoms with Gasteiger partial charge in [-0.15, -0.1) is 0 Å². The van der Waals surface area contributed by atoms with Crippen molar-refractivity contribution in [3.05, 3.63) is 240 Å². The van der Waals surface area contributed by atoms with Crippen LogP contribution in [-0.2, 0) is 0 Å². The van der Waals surface area contributed by atoms with E-state index in [1.165, 1.54) is 55.8 Å². The van der Waals surface area contributed by atoms with E-state index < -0.39 is 0 Å². The third-order valence-electron chi connectivity index (χ3n) is 14.0. The van der Waals surface area contributed by atoms with Crippen molar-refractivity contribution in [2.24, 2.45) is 4.99 Å². The molecule has 6 aromatic carbocycles. The lowest BCUT2D eigenvalue weighted by Gasteiger charge is -2.30. The molecule has 0 radical (unpaired) electrons. The summed E-state index contributed by atoms with van der Waals surface area (Å²) in [7, 11) is 0. The Morgan fingerprint density at radius 1 is 0.453 bits per heavy atom. The Balaban J connectivity index is 1.06. The maximum absolute atomic E-state index is 5.06. The number of aromatic nitrogens is 4. The van der Waals surface area contributed by atoms with Crippen molar-refractivity contribution >= 4 is 39.5 Å². The monoisotopic (exact) mass is 818 g/mol. The third kappa shape index (κ3) is 5.08. The Morgan fingerprint density at radius 3 is 1.75 bits per heavy atom. The maximum atomic E-state index is 5.06. The van der Waals surface area contributed by atoms with Gasteiger partial charge in [0, 0.05) is 75.8 Å². The summed E-state index contributed by atoms with van der Waals surface area (Å²) >= 11 is 0. The molecule has 0 N–H and O–H groups in total. The highest BCUT2D eigenvalue weighted by atomic mass is 15.2. The van der Waals surface area contributed by atoms with Crippen LogP contribution in [0.15, 0.2) is 206 Å². The van der Waals surface area contributed by atoms with Crippen LogP contribution in [0.4, 0.5) is 11.4 Å². The van der Waals surface area contributed by atoms with E-state index >= 15 is 0 Å². The Hall–Kier alpha value is -8.22. The van der Waals surface area contributed by atoms with Gasteiger partial charge in [-0.25, -0.2) is 0 Å². The molecule has 4 atom stereocenters. The summed E-state index contributed by atoms with van der Waals surface area (Å²) < 4.78 is 2.40. The van der Waals surface area contributed by atoms with Crippen molar-refractivity contribution in [3.63, 3.8) is 0 Å². The van der Waals surface area contributed by atoms with Crippen molar-refractivity contribution in [3.8, 4) is 39.3 Å². The first-order chi connectivity index (χ1) is 31.8. The van der Waals surface area contributed by atoms with E-state index in [2.05, 4.69) is 185 Å². The predicted molar refractivity (Wildman–Crippen MR) is 258 cm³/mol. The molecule has 0 bridgehead atoms. The van der Waals surface area contributed by atoms with Gasteiger partial charge in [-0.1, -0.05) is 115 Å². The second-order valence-electron chi connectivity index (χ2n) is 17.3. The lowest BCUT2D eigenvalue weighted by atomic mass is 9.85. The van der Waals surface area contributed by atoms with Gasteiger partial charge in [0.05, 0.1) is 34.0 Å². The highest BCUT2D eigenvalue weighted by Gasteiger charge is 2.40. The fourth-order valence-corrected chi connectivity index (χ4v) is 11.4. The van der Waals surface area contributed by atoms with Crippen molar-refractivity contribution in [2.45, 2.75) is 23.9 Å². The average Bonchev–Trinajstić information content (AvgIpc) is 4.09. The fraction of sp³-hybridized carbons (Fsp3) is 0.0690. The molecule has 4 unspecified atom stereocenters. The molecule has 0 fully saturated rings. The minimum atomic E-state index is -0.0106. The molecule has 6 nitrogen and oxygen atoms in total. The molecule has 0 saturated heterocycles. The largest absolute Gasteiger partial charge is 0.332 e. The van der Waals surface area contributed by atoms with Crippen LogP contribution in [0.5, 0.6) is 0 Å². The van der Waals surface area contributed by atoms with Crippen LogP contribution in [-0.4, -0.2) is 31.8 Å². The van der Waals surface area contributed by atoms with Gasteiger partial charge in [-0.3, -0.25) is 19.9 Å². The van der Waals surface area contributed by atoms with Gasteiger partial charge < -0.3 is 9.47 Å². The molecule has 6 heteroatoms. The predicted octanol–water partition coefficient (Wildman–Crippen LogP) is 13.2. The number of benzene rings is 6. The number of allylic oxidation sites excluding steroid dienone is 1. The minimum Gasteiger partial charge on any atom is -0.332 e. The summed E-state index contributed by atoms with van der Waals surface area (Å²) in [5.41, 5.74) is 22.1. The van der Waals surface area contributed by atoms with E-state index in [1.54, 1.807) is 0 Å². The summed E-state index contributed by atoms with van der Waals surface area (Å²) in [6, 6.07) is 62.5. The zero-order valence-electron chi connectivity index (χ0n) is 34.6. The fourth-order valence-electron chi connectivity index (χ4n) is 11.4. The zero-order valence-corrected chi connectivity index (χ0v) is 34.6. The smallest absolute Gasteiger partial charge is 0.101 e. The van der Waals surface area contributed by atoms with Crippen molar-refractivity contribution in [1.82, 2.24) is 19.5 Å². The molecular formula is C58H38N6. The number of fused-ring (bicyclic) bond motifs is 12. The molecule has 2 aliphatic carbocycles. The number of dihydropyridines is 1. The molecule has 0 saturated carbocycles. The van der Waals surface area contributed by atoms with Gasteiger partial charge in [-0.2, -0.15) is 0 Å². The second kappa shape index (κ2) is 13.6. The van der Waals surface area contributed by atoms with Gasteiger partial charge >= 0.3 is 0 Å². The summed E-state index contributed by atoms with van der Waals surface area (Å²) in [6.45, 7) is 0. The van der Waals surface area contributed by atoms with E-state index in [4.69, 9.17) is 19.9 Å². The van der Waals surface area contributed by atoms with E-state index in [0.29, 0.717) is 0 Å². The van der Waals surface area contributed by atoms with Crippen molar-refractivity contribution in [1.29, 1.82) is 0 Å². The molecule has 10 aromatic rings. The summed E-state index contributed by atoms with van der Waals surface area (Å²) in [6.07, 6.45) is 12.1. The zero-order chi connectivity index (χ0) is 41.9. The van der Waals surface area contributed by atoms with Gasteiger partial charge in [0.15, 0.2) is 0 Å². The second-order valence-corrected chi connectivity index (χ2v) is 17.3. The van der Waals surface area contributed by atoms with Crippen LogP contribution in [0.2, 0.25) is 0 Å². The molecule has 0 amide bonds. The summed E-state index contributed by atoms with van der Waals surface area (Å²) in [5.74, 6) is -0.0125. The normalized spacial score (nSPS) is 18.5. The van der Waals surface area contributed by atoms with Crippen LogP contribution in [0.25, 0.3) is 61.3 Å². The van der Waals surface area contributed by atoms with Gasteiger partial charge in [0.25, 0.3) is 0 Å². The molecule has 64 heavy (non-hydrogen) atoms. The molecule has 4 aliphatic rings. The van der Waals surface area contributed by atoms with E-state index in [-0.39, 0.29) is 23.9 Å². The Morgan fingerprint density at radius 2 is 1.02 bits per heavy atom. The number of rotatable bonds is 5. The summed E-state index contributed by atoms with van der Waals surface area (Å²) in [4.78, 5) is 22.5. The molecular weight excluding hydrogens is 781 g/mol. The molecule has 0 spiro atoms. The SMILES string of the molecule is C1=CC2C(N=C1)c1ccccc1N2c1cc(-c2cc(C3c4ccccc4-c4ncccc43)cc(-n3c4ccccc4c4ncccc43)c2)cc(C2c3ccccc3-c3ncccc32)c1. The van der Waals surface area contributed by atoms with Crippen molar-refractivity contribution < 1.29 is 0 Å². The van der Waals surface area contributed by atoms with Gasteiger partial charge in [-0.05, 0) is 111 Å². The lowest BCUT2D eigenvalue weighted by Crippen LogP contribution is -2.29. The molecule has 14 rings (SSSR count). The molecule has 300 valence electrons. The first-order valence-electron chi connectivity index (χ1n) is 22.1. The quantitative estimate of drug-likeness (QED) is 0.174. The van der Waals surface area contributed by atoms with Crippen LogP contribution in [0.3, 0.4) is 0 Å². The standard InChI is InChI=1S/C58H38N6/c1-3-15-43-41(13-1)53(47-19-9-25-59-55(43)47)37-29-35(31-39(33-37)63-49-21-7-5-17-45(49)57-51(63)23-11-27-61-57)36-30-38(54-42-14-2-4-16-44(42)56-48(54)20-10-26-60-56)34-40(32-36)64-50-22-8-6-18-46(50)58-52(64)24-12-28-62-58/h1-34,51,53-54,57H. The third-order valence-corrected chi connectivity index (χ3v) is 14.0. The molecule has 2 aliphatic heterocycles. The highest BCUT2D eigenvalue weighted by Crippen LogP contribution is 2.53. The number of pyridine rings is 3. The average molecular weight is 819 g/mol. The number of anilines is 2. The number of aliphatic imine (C=N–C) groups is 1. The number of hydrogen-bond donors (Lipinski definition) is 0.